The summed E-state index contributed by atoms with van der Waals surface area (Å²) in [5, 5.41) is 9.96. The zero-order chi connectivity index (χ0) is 24.4. The molecule has 0 spiro atoms. The number of para-hydroxylation sites is 1. The average Bonchev–Trinajstić information content (AvgIpc) is 3.20. The van der Waals surface area contributed by atoms with Gasteiger partial charge in [-0.1, -0.05) is 35.9 Å². The highest BCUT2D eigenvalue weighted by molar-refractivity contribution is 6.32. The van der Waals surface area contributed by atoms with Crippen molar-refractivity contribution in [3.63, 3.8) is 0 Å². The molecule has 8 heteroatoms. The fourth-order valence-corrected chi connectivity index (χ4v) is 4.20. The smallest absolute Gasteiger partial charge is 0.339 e. The van der Waals surface area contributed by atoms with Crippen molar-refractivity contribution in [2.24, 2.45) is 5.73 Å². The highest BCUT2D eigenvalue weighted by atomic mass is 35.5. The third kappa shape index (κ3) is 4.28. The first kappa shape index (κ1) is 23.1. The van der Waals surface area contributed by atoms with Crippen LogP contribution in [0.2, 0.25) is 5.02 Å². The van der Waals surface area contributed by atoms with Gasteiger partial charge in [0.15, 0.2) is 6.61 Å². The number of carbonyl (C=O) groups excluding carboxylic acids is 2. The molecule has 4 rings (SSSR count). The fourth-order valence-electron chi connectivity index (χ4n) is 3.98. The topological polar surface area (TPSA) is 106 Å². The Morgan fingerprint density at radius 3 is 2.71 bits per heavy atom. The second-order valence-corrected chi connectivity index (χ2v) is 8.21. The highest BCUT2D eigenvalue weighted by Gasteiger charge is 2.28. The Kier molecular flexibility index (Phi) is 6.44. The van der Waals surface area contributed by atoms with Gasteiger partial charge in [-0.3, -0.25) is 4.79 Å². The van der Waals surface area contributed by atoms with E-state index in [2.05, 4.69) is 0 Å². The van der Waals surface area contributed by atoms with Crippen molar-refractivity contribution in [2.75, 3.05) is 6.61 Å². The lowest BCUT2D eigenvalue weighted by molar-refractivity contribution is -0.118. The van der Waals surface area contributed by atoms with E-state index < -0.39 is 24.2 Å². The SMILES string of the molecule is C/C(N)=C(/C#N)C(=O)COC(=O)c1c2c(nc3ccccc13)/C(=C/c1c(F)cccc1Cl)CC2. The normalized spacial score (nSPS) is 14.5. The van der Waals surface area contributed by atoms with E-state index in [1.807, 2.05) is 0 Å². The quantitative estimate of drug-likeness (QED) is 0.316. The molecule has 0 radical (unpaired) electrons. The number of halogens is 2. The number of nitrogens with zero attached hydrogens (tertiary/aromatic N) is 2. The number of hydrogen-bond acceptors (Lipinski definition) is 6. The van der Waals surface area contributed by atoms with E-state index in [1.165, 1.54) is 19.1 Å². The molecule has 2 aromatic carbocycles. The van der Waals surface area contributed by atoms with Gasteiger partial charge >= 0.3 is 5.97 Å². The molecule has 1 aromatic heterocycles. The van der Waals surface area contributed by atoms with Crippen molar-refractivity contribution in [3.8, 4) is 6.07 Å². The number of carbonyl (C=O) groups is 2. The van der Waals surface area contributed by atoms with Crippen molar-refractivity contribution in [3.05, 3.63) is 87.0 Å². The van der Waals surface area contributed by atoms with Crippen molar-refractivity contribution in [1.29, 1.82) is 5.26 Å². The molecule has 0 atom stereocenters. The molecule has 1 aliphatic carbocycles. The van der Waals surface area contributed by atoms with Crippen LogP contribution in [0.5, 0.6) is 0 Å². The maximum absolute atomic E-state index is 14.4. The zero-order valence-corrected chi connectivity index (χ0v) is 18.9. The van der Waals surface area contributed by atoms with Gasteiger partial charge in [0.1, 0.15) is 17.5 Å². The third-order valence-electron chi connectivity index (χ3n) is 5.58. The summed E-state index contributed by atoms with van der Waals surface area (Å²) in [4.78, 5) is 30.1. The number of ether oxygens (including phenoxy) is 1. The lowest BCUT2D eigenvalue weighted by atomic mass is 10.0. The van der Waals surface area contributed by atoms with Gasteiger partial charge in [0, 0.05) is 16.6 Å². The van der Waals surface area contributed by atoms with Gasteiger partial charge in [0.25, 0.3) is 0 Å². The Hall–Kier alpha value is -4.02. The second kappa shape index (κ2) is 9.46. The Bertz CT molecular complexity index is 1430. The number of ketones is 1. The molecular weight excluding hydrogens is 457 g/mol. The zero-order valence-electron chi connectivity index (χ0n) is 18.2. The molecule has 0 saturated carbocycles. The summed E-state index contributed by atoms with van der Waals surface area (Å²) in [6.45, 7) is 0.812. The maximum atomic E-state index is 14.4. The molecule has 34 heavy (non-hydrogen) atoms. The van der Waals surface area contributed by atoms with E-state index in [4.69, 9.17) is 32.3 Å². The van der Waals surface area contributed by atoms with E-state index in [0.717, 1.165) is 5.57 Å². The Labute approximate surface area is 200 Å². The first-order valence-corrected chi connectivity index (χ1v) is 10.8. The van der Waals surface area contributed by atoms with Crippen LogP contribution in [0, 0.1) is 17.1 Å². The lowest BCUT2D eigenvalue weighted by Gasteiger charge is -2.12. The predicted molar refractivity (Wildman–Crippen MR) is 127 cm³/mol. The molecule has 0 unspecified atom stereocenters. The van der Waals surface area contributed by atoms with E-state index in [0.29, 0.717) is 40.6 Å². The van der Waals surface area contributed by atoms with E-state index in [9.17, 15) is 14.0 Å². The van der Waals surface area contributed by atoms with Crippen LogP contribution >= 0.6 is 11.6 Å². The molecule has 3 aromatic rings. The van der Waals surface area contributed by atoms with Crippen LogP contribution < -0.4 is 5.73 Å². The van der Waals surface area contributed by atoms with Crippen LogP contribution in [0.3, 0.4) is 0 Å². The Balaban J connectivity index is 1.77. The minimum Gasteiger partial charge on any atom is -0.454 e. The number of esters is 1. The second-order valence-electron chi connectivity index (χ2n) is 7.81. The van der Waals surface area contributed by atoms with Crippen LogP contribution in [0.4, 0.5) is 4.39 Å². The third-order valence-corrected chi connectivity index (χ3v) is 5.91. The summed E-state index contributed by atoms with van der Waals surface area (Å²) in [7, 11) is 0. The molecule has 6 nitrogen and oxygen atoms in total. The Morgan fingerprint density at radius 2 is 2.00 bits per heavy atom. The Morgan fingerprint density at radius 1 is 1.24 bits per heavy atom. The number of aromatic nitrogens is 1. The van der Waals surface area contributed by atoms with Crippen molar-refractivity contribution >= 4 is 45.9 Å². The first-order chi connectivity index (χ1) is 16.3. The van der Waals surface area contributed by atoms with Gasteiger partial charge in [-0.05, 0) is 55.2 Å². The molecule has 1 aliphatic rings. The number of allylic oxidation sites excluding steroid dienone is 2. The highest BCUT2D eigenvalue weighted by Crippen LogP contribution is 2.38. The number of pyridine rings is 1. The molecule has 0 saturated heterocycles. The van der Waals surface area contributed by atoms with E-state index in [-0.39, 0.29) is 21.9 Å². The van der Waals surface area contributed by atoms with Crippen LogP contribution in [-0.4, -0.2) is 23.3 Å². The van der Waals surface area contributed by atoms with Crippen molar-refractivity contribution in [2.45, 2.75) is 19.8 Å². The van der Waals surface area contributed by atoms with Gasteiger partial charge in [0.2, 0.25) is 5.78 Å². The van der Waals surface area contributed by atoms with Gasteiger partial charge in [-0.15, -0.1) is 0 Å². The van der Waals surface area contributed by atoms with Crippen molar-refractivity contribution in [1.82, 2.24) is 4.98 Å². The average molecular weight is 476 g/mol. The number of nitrogens with two attached hydrogens (primary N) is 1. The lowest BCUT2D eigenvalue weighted by Crippen LogP contribution is -2.19. The molecule has 1 heterocycles. The molecule has 0 amide bonds. The summed E-state index contributed by atoms with van der Waals surface area (Å²) in [5.41, 5.74) is 8.43. The summed E-state index contributed by atoms with van der Waals surface area (Å²) in [5.74, 6) is -1.84. The van der Waals surface area contributed by atoms with E-state index in [1.54, 1.807) is 42.5 Å². The molecule has 170 valence electrons. The van der Waals surface area contributed by atoms with Crippen molar-refractivity contribution < 1.29 is 18.7 Å². The number of benzene rings is 2. The fraction of sp³-hybridized carbons (Fsp3) is 0.154. The first-order valence-electron chi connectivity index (χ1n) is 10.4. The predicted octanol–water partition coefficient (Wildman–Crippen LogP) is 5.00. The van der Waals surface area contributed by atoms with Gasteiger partial charge in [0.05, 0.1) is 21.8 Å². The van der Waals surface area contributed by atoms with Gasteiger partial charge in [-0.25, -0.2) is 14.2 Å². The molecule has 0 fully saturated rings. The molecular formula is C26H19ClFN3O3. The summed E-state index contributed by atoms with van der Waals surface area (Å²) in [6, 6.07) is 13.3. The number of nitriles is 1. The summed E-state index contributed by atoms with van der Waals surface area (Å²) in [6.07, 6.45) is 2.66. The standard InChI is InChI=1S/C26H19ClFN3O3/c1-14(30)19(12-29)23(32)13-34-26(33)24-16-5-2-3-8-22(16)31-25-15(9-10-17(24)25)11-18-20(27)6-4-7-21(18)28/h2-8,11H,9-10,13,30H2,1H3/b15-11+,19-14+. The molecule has 2 N–H and O–H groups in total. The van der Waals surface area contributed by atoms with Crippen LogP contribution in [-0.2, 0) is 16.0 Å². The van der Waals surface area contributed by atoms with Gasteiger partial charge < -0.3 is 10.5 Å². The van der Waals surface area contributed by atoms with Gasteiger partial charge in [-0.2, -0.15) is 5.26 Å². The molecule has 0 aliphatic heterocycles. The number of Topliss-reactive ketones (excluding diaryl/α,β-unsaturated/α-hetero) is 1. The summed E-state index contributed by atoms with van der Waals surface area (Å²) >= 11 is 6.20. The minimum atomic E-state index is -0.708. The largest absolute Gasteiger partial charge is 0.454 e. The molecule has 0 bridgehead atoms. The monoisotopic (exact) mass is 475 g/mol. The van der Waals surface area contributed by atoms with Crippen LogP contribution in [0.25, 0.3) is 22.6 Å². The maximum Gasteiger partial charge on any atom is 0.339 e. The minimum absolute atomic E-state index is 0.0559. The van der Waals surface area contributed by atoms with E-state index >= 15 is 0 Å². The number of hydrogen-bond donors (Lipinski definition) is 1. The number of rotatable bonds is 5. The summed E-state index contributed by atoms with van der Waals surface area (Å²) < 4.78 is 19.7. The van der Waals surface area contributed by atoms with Crippen LogP contribution in [0.15, 0.2) is 53.7 Å². The number of fused-ring (bicyclic) bond motifs is 2. The van der Waals surface area contributed by atoms with Crippen LogP contribution in [0.1, 0.15) is 40.5 Å².